The van der Waals surface area contributed by atoms with Crippen molar-refractivity contribution in [2.75, 3.05) is 25.0 Å². The van der Waals surface area contributed by atoms with Gasteiger partial charge < -0.3 is 19.7 Å². The van der Waals surface area contributed by atoms with Crippen molar-refractivity contribution in [2.24, 2.45) is 0 Å². The smallest absolute Gasteiger partial charge is 0.410 e. The zero-order valence-corrected chi connectivity index (χ0v) is 17.8. The van der Waals surface area contributed by atoms with Crippen LogP contribution in [-0.4, -0.2) is 53.4 Å². The molecule has 3 heterocycles. The van der Waals surface area contributed by atoms with E-state index in [-0.39, 0.29) is 12.2 Å². The molecule has 2 atom stereocenters. The van der Waals surface area contributed by atoms with E-state index in [1.165, 1.54) is 17.5 Å². The Morgan fingerprint density at radius 3 is 2.93 bits per heavy atom. The Morgan fingerprint density at radius 2 is 2.14 bits per heavy atom. The number of nitrogens with zero attached hydrogens (tertiary/aromatic N) is 2. The van der Waals surface area contributed by atoms with Gasteiger partial charge in [-0.3, -0.25) is 0 Å². The molecular formula is C22H35N3O3. The normalized spacial score (nSPS) is 21.9. The van der Waals surface area contributed by atoms with Crippen LogP contribution in [0.2, 0.25) is 0 Å². The van der Waals surface area contributed by atoms with Crippen LogP contribution < -0.4 is 5.32 Å². The molecule has 6 heteroatoms. The second-order valence-electron chi connectivity index (χ2n) is 9.04. The van der Waals surface area contributed by atoms with Crippen LogP contribution in [0.15, 0.2) is 12.3 Å². The van der Waals surface area contributed by atoms with Gasteiger partial charge >= 0.3 is 6.09 Å². The summed E-state index contributed by atoms with van der Waals surface area (Å²) < 4.78 is 11.4. The number of fused-ring (bicyclic) bond motifs is 1. The summed E-state index contributed by atoms with van der Waals surface area (Å²) in [6.07, 6.45) is 8.32. The second-order valence-corrected chi connectivity index (χ2v) is 9.04. The number of hydrogen-bond acceptors (Lipinski definition) is 5. The third-order valence-electron chi connectivity index (χ3n) is 5.47. The summed E-state index contributed by atoms with van der Waals surface area (Å²) in [5.74, 6) is 1.07. The van der Waals surface area contributed by atoms with E-state index in [4.69, 9.17) is 9.47 Å². The maximum Gasteiger partial charge on any atom is 0.410 e. The summed E-state index contributed by atoms with van der Waals surface area (Å²) in [5, 5.41) is 3.60. The minimum Gasteiger partial charge on any atom is -0.444 e. The molecular weight excluding hydrogens is 354 g/mol. The van der Waals surface area contributed by atoms with Gasteiger partial charge in [-0.2, -0.15) is 0 Å². The van der Waals surface area contributed by atoms with Crippen molar-refractivity contribution in [3.8, 4) is 0 Å². The molecule has 6 nitrogen and oxygen atoms in total. The van der Waals surface area contributed by atoms with Gasteiger partial charge in [0, 0.05) is 25.4 Å². The van der Waals surface area contributed by atoms with Crippen LogP contribution in [-0.2, 0) is 15.9 Å². The second kappa shape index (κ2) is 9.12. The molecule has 0 spiro atoms. The van der Waals surface area contributed by atoms with Crippen LogP contribution in [0.25, 0.3) is 0 Å². The Bertz CT molecular complexity index is 671. The molecule has 2 aliphatic rings. The van der Waals surface area contributed by atoms with E-state index in [0.29, 0.717) is 12.6 Å². The Balaban J connectivity index is 1.29. The lowest BCUT2D eigenvalue weighted by atomic mass is 9.95. The minimum atomic E-state index is -0.447. The van der Waals surface area contributed by atoms with E-state index in [9.17, 15) is 4.79 Å². The molecule has 1 N–H and O–H groups in total. The highest BCUT2D eigenvalue weighted by atomic mass is 16.6. The van der Waals surface area contributed by atoms with Gasteiger partial charge in [0.15, 0.2) is 0 Å². The number of anilines is 1. The summed E-state index contributed by atoms with van der Waals surface area (Å²) in [6, 6.07) is 2.60. The number of likely N-dealkylation sites (tertiary alicyclic amines) is 1. The van der Waals surface area contributed by atoms with Gasteiger partial charge in [-0.25, -0.2) is 9.78 Å². The summed E-state index contributed by atoms with van der Waals surface area (Å²) >= 11 is 0. The number of nitrogens with one attached hydrogen (secondary N) is 1. The third kappa shape index (κ3) is 5.84. The number of carbonyl (C=O) groups excluding carboxylic acids is 1. The van der Waals surface area contributed by atoms with Gasteiger partial charge in [-0.15, -0.1) is 0 Å². The van der Waals surface area contributed by atoms with Gasteiger partial charge in [0.2, 0.25) is 0 Å². The number of rotatable bonds is 6. The van der Waals surface area contributed by atoms with Gasteiger partial charge in [0.1, 0.15) is 11.4 Å². The first-order valence-corrected chi connectivity index (χ1v) is 10.6. The summed E-state index contributed by atoms with van der Waals surface area (Å²) in [6.45, 7) is 9.96. The van der Waals surface area contributed by atoms with Gasteiger partial charge in [0.05, 0.1) is 12.6 Å². The first-order chi connectivity index (χ1) is 13.3. The van der Waals surface area contributed by atoms with Gasteiger partial charge in [0.25, 0.3) is 0 Å². The fourth-order valence-corrected chi connectivity index (χ4v) is 3.93. The van der Waals surface area contributed by atoms with Crippen LogP contribution in [0.5, 0.6) is 0 Å². The predicted octanol–water partition coefficient (Wildman–Crippen LogP) is 4.31. The van der Waals surface area contributed by atoms with Crippen LogP contribution in [0.3, 0.4) is 0 Å². The lowest BCUT2D eigenvalue weighted by molar-refractivity contribution is 0.0206. The fraction of sp³-hybridized carbons (Fsp3) is 0.727. The number of aromatic nitrogens is 1. The molecule has 1 aromatic rings. The SMILES string of the molecule is Cc1ccnc2c1CCC(CCCCO[C@@H]1CCN(C(=O)OC(C)(C)C)C1)N2. The van der Waals surface area contributed by atoms with E-state index < -0.39 is 5.60 Å². The molecule has 156 valence electrons. The maximum atomic E-state index is 12.1. The first-order valence-electron chi connectivity index (χ1n) is 10.6. The Labute approximate surface area is 169 Å². The van der Waals surface area contributed by atoms with Crippen molar-refractivity contribution in [1.29, 1.82) is 0 Å². The Morgan fingerprint density at radius 1 is 1.32 bits per heavy atom. The number of aryl methyl sites for hydroxylation is 1. The molecule has 0 saturated carbocycles. The molecule has 1 unspecified atom stereocenters. The zero-order valence-electron chi connectivity index (χ0n) is 17.8. The molecule has 0 radical (unpaired) electrons. The molecule has 1 fully saturated rings. The number of pyridine rings is 1. The fourth-order valence-electron chi connectivity index (χ4n) is 3.93. The van der Waals surface area contributed by atoms with Crippen LogP contribution in [0, 0.1) is 6.92 Å². The topological polar surface area (TPSA) is 63.7 Å². The van der Waals surface area contributed by atoms with E-state index in [0.717, 1.165) is 51.1 Å². The summed E-state index contributed by atoms with van der Waals surface area (Å²) in [7, 11) is 0. The van der Waals surface area contributed by atoms with E-state index in [1.807, 2.05) is 27.0 Å². The first kappa shape index (κ1) is 20.9. The molecule has 28 heavy (non-hydrogen) atoms. The summed E-state index contributed by atoms with van der Waals surface area (Å²) in [5.41, 5.74) is 2.26. The number of ether oxygens (including phenoxy) is 2. The van der Waals surface area contributed by atoms with Crippen molar-refractivity contribution in [3.63, 3.8) is 0 Å². The van der Waals surface area contributed by atoms with E-state index in [2.05, 4.69) is 23.3 Å². The van der Waals surface area contributed by atoms with E-state index >= 15 is 0 Å². The van der Waals surface area contributed by atoms with Gasteiger partial charge in [-0.05, 0) is 83.4 Å². The maximum absolute atomic E-state index is 12.1. The largest absolute Gasteiger partial charge is 0.444 e. The molecule has 1 aromatic heterocycles. The van der Waals surface area contributed by atoms with Crippen molar-refractivity contribution in [1.82, 2.24) is 9.88 Å². The monoisotopic (exact) mass is 389 g/mol. The molecule has 0 aliphatic carbocycles. The third-order valence-corrected chi connectivity index (χ3v) is 5.47. The summed E-state index contributed by atoms with van der Waals surface area (Å²) in [4.78, 5) is 18.4. The predicted molar refractivity (Wildman–Crippen MR) is 111 cm³/mol. The number of unbranched alkanes of at least 4 members (excludes halogenated alkanes) is 1. The highest BCUT2D eigenvalue weighted by molar-refractivity contribution is 5.68. The number of carbonyl (C=O) groups is 1. The van der Waals surface area contributed by atoms with Crippen molar-refractivity contribution in [3.05, 3.63) is 23.4 Å². The highest BCUT2D eigenvalue weighted by Crippen LogP contribution is 2.27. The Hall–Kier alpha value is -1.82. The average molecular weight is 390 g/mol. The molecule has 1 amide bonds. The quantitative estimate of drug-likeness (QED) is 0.735. The molecule has 1 saturated heterocycles. The van der Waals surface area contributed by atoms with Gasteiger partial charge in [-0.1, -0.05) is 0 Å². The number of amides is 1. The molecule has 3 rings (SSSR count). The molecule has 0 aromatic carbocycles. The zero-order chi connectivity index (χ0) is 20.1. The molecule has 2 aliphatic heterocycles. The van der Waals surface area contributed by atoms with Crippen molar-refractivity contribution in [2.45, 2.75) is 84.0 Å². The minimum absolute atomic E-state index is 0.138. The number of hydrogen-bond donors (Lipinski definition) is 1. The van der Waals surface area contributed by atoms with E-state index in [1.54, 1.807) is 4.90 Å². The van der Waals surface area contributed by atoms with Crippen molar-refractivity contribution >= 4 is 11.9 Å². The lowest BCUT2D eigenvalue weighted by Gasteiger charge is -2.27. The van der Waals surface area contributed by atoms with Crippen LogP contribution in [0.4, 0.5) is 10.6 Å². The van der Waals surface area contributed by atoms with Crippen LogP contribution in [0.1, 0.15) is 64.0 Å². The lowest BCUT2D eigenvalue weighted by Crippen LogP contribution is -2.36. The van der Waals surface area contributed by atoms with Crippen LogP contribution >= 0.6 is 0 Å². The molecule has 0 bridgehead atoms. The average Bonchev–Trinajstić information content (AvgIpc) is 3.09. The standard InChI is InChI=1S/C22H35N3O3/c1-16-10-12-23-20-19(16)9-8-17(24-20)7-5-6-14-27-18-11-13-25(15-18)21(26)28-22(2,3)4/h10,12,17-18H,5-9,11,13-15H2,1-4H3,(H,23,24)/t17?,18-/m1/s1. The van der Waals surface area contributed by atoms with Crippen molar-refractivity contribution < 1.29 is 14.3 Å². The highest BCUT2D eigenvalue weighted by Gasteiger charge is 2.30. The Kier molecular flexibility index (Phi) is 6.81.